The minimum atomic E-state index is -0.385. The summed E-state index contributed by atoms with van der Waals surface area (Å²) >= 11 is 0. The van der Waals surface area contributed by atoms with E-state index in [2.05, 4.69) is 0 Å². The Balaban J connectivity index is 2.20. The van der Waals surface area contributed by atoms with Crippen molar-refractivity contribution in [3.05, 3.63) is 0 Å². The molecule has 0 bridgehead atoms. The van der Waals surface area contributed by atoms with Gasteiger partial charge in [0.15, 0.2) is 0 Å². The Labute approximate surface area is 91.8 Å². The van der Waals surface area contributed by atoms with Gasteiger partial charge in [-0.1, -0.05) is 0 Å². The van der Waals surface area contributed by atoms with Crippen LogP contribution < -0.4 is 5.73 Å². The molecule has 1 heterocycles. The summed E-state index contributed by atoms with van der Waals surface area (Å²) in [5.74, 6) is 0.740. The molecule has 4 heteroatoms. The first kappa shape index (κ1) is 12.5. The topological polar surface area (TPSA) is 55.6 Å². The van der Waals surface area contributed by atoms with Crippen LogP contribution in [0.2, 0.25) is 0 Å². The number of rotatable bonds is 4. The third kappa shape index (κ3) is 4.18. The lowest BCUT2D eigenvalue weighted by Crippen LogP contribution is -2.40. The second kappa shape index (κ2) is 6.08. The standard InChI is InChI=1S/C11H22N2O2/c1-9(12)11(14)13(2)6-3-10-4-7-15-8-5-10/h9-10H,3-8,12H2,1-2H3/t9-/m1/s1. The van der Waals surface area contributed by atoms with Gasteiger partial charge in [-0.15, -0.1) is 0 Å². The molecule has 88 valence electrons. The predicted molar refractivity (Wildman–Crippen MR) is 59.4 cm³/mol. The van der Waals surface area contributed by atoms with Gasteiger partial charge in [0, 0.05) is 26.8 Å². The first-order valence-electron chi connectivity index (χ1n) is 5.69. The number of hydrogen-bond acceptors (Lipinski definition) is 3. The van der Waals surface area contributed by atoms with Gasteiger partial charge in [0.05, 0.1) is 6.04 Å². The summed E-state index contributed by atoms with van der Waals surface area (Å²) in [6.07, 6.45) is 3.32. The van der Waals surface area contributed by atoms with Crippen LogP contribution in [-0.4, -0.2) is 43.7 Å². The maximum atomic E-state index is 11.5. The maximum absolute atomic E-state index is 11.5. The van der Waals surface area contributed by atoms with Crippen molar-refractivity contribution in [3.63, 3.8) is 0 Å². The second-order valence-electron chi connectivity index (χ2n) is 4.39. The molecule has 1 amide bonds. The maximum Gasteiger partial charge on any atom is 0.238 e. The van der Waals surface area contributed by atoms with Crippen molar-refractivity contribution in [2.75, 3.05) is 26.8 Å². The molecule has 1 saturated heterocycles. The Morgan fingerprint density at radius 2 is 2.13 bits per heavy atom. The molecule has 15 heavy (non-hydrogen) atoms. The van der Waals surface area contributed by atoms with Gasteiger partial charge >= 0.3 is 0 Å². The number of likely N-dealkylation sites (N-methyl/N-ethyl adjacent to an activating group) is 1. The van der Waals surface area contributed by atoms with Gasteiger partial charge in [0.1, 0.15) is 0 Å². The fourth-order valence-corrected chi connectivity index (χ4v) is 1.87. The van der Waals surface area contributed by atoms with Crippen molar-refractivity contribution in [3.8, 4) is 0 Å². The van der Waals surface area contributed by atoms with E-state index in [4.69, 9.17) is 10.5 Å². The largest absolute Gasteiger partial charge is 0.381 e. The van der Waals surface area contributed by atoms with E-state index in [1.807, 2.05) is 7.05 Å². The van der Waals surface area contributed by atoms with Crippen LogP contribution in [0.5, 0.6) is 0 Å². The average Bonchev–Trinajstić information content (AvgIpc) is 2.26. The number of carbonyl (C=O) groups excluding carboxylic acids is 1. The molecule has 1 atom stereocenters. The van der Waals surface area contributed by atoms with E-state index in [9.17, 15) is 4.79 Å². The number of ether oxygens (including phenoxy) is 1. The van der Waals surface area contributed by atoms with Crippen LogP contribution >= 0.6 is 0 Å². The second-order valence-corrected chi connectivity index (χ2v) is 4.39. The lowest BCUT2D eigenvalue weighted by Gasteiger charge is -2.25. The highest BCUT2D eigenvalue weighted by Gasteiger charge is 2.17. The number of amides is 1. The highest BCUT2D eigenvalue weighted by molar-refractivity contribution is 5.80. The molecule has 0 aromatic heterocycles. The highest BCUT2D eigenvalue weighted by Crippen LogP contribution is 2.18. The molecule has 0 radical (unpaired) electrons. The van der Waals surface area contributed by atoms with E-state index in [1.165, 1.54) is 0 Å². The summed E-state index contributed by atoms with van der Waals surface area (Å²) in [7, 11) is 1.82. The molecule has 0 aliphatic carbocycles. The fourth-order valence-electron chi connectivity index (χ4n) is 1.87. The minimum absolute atomic E-state index is 0.0297. The molecule has 1 aliphatic rings. The zero-order valence-electron chi connectivity index (χ0n) is 9.74. The summed E-state index contributed by atoms with van der Waals surface area (Å²) in [4.78, 5) is 13.2. The number of carbonyl (C=O) groups is 1. The molecular formula is C11H22N2O2. The fraction of sp³-hybridized carbons (Fsp3) is 0.909. The zero-order valence-corrected chi connectivity index (χ0v) is 9.74. The third-order valence-corrected chi connectivity index (χ3v) is 2.98. The first-order chi connectivity index (χ1) is 7.11. The van der Waals surface area contributed by atoms with E-state index in [0.717, 1.165) is 39.0 Å². The van der Waals surface area contributed by atoms with Crippen LogP contribution in [0.3, 0.4) is 0 Å². The highest BCUT2D eigenvalue weighted by atomic mass is 16.5. The van der Waals surface area contributed by atoms with Crippen molar-refractivity contribution in [2.24, 2.45) is 11.7 Å². The van der Waals surface area contributed by atoms with Gasteiger partial charge in [0.2, 0.25) is 5.91 Å². The molecule has 2 N–H and O–H groups in total. The quantitative estimate of drug-likeness (QED) is 0.746. The smallest absolute Gasteiger partial charge is 0.238 e. The predicted octanol–water partition coefficient (Wildman–Crippen LogP) is 0.609. The van der Waals surface area contributed by atoms with Crippen LogP contribution in [0, 0.1) is 5.92 Å². The minimum Gasteiger partial charge on any atom is -0.381 e. The van der Waals surface area contributed by atoms with Gasteiger partial charge in [-0.25, -0.2) is 0 Å². The van der Waals surface area contributed by atoms with Crippen LogP contribution in [0.15, 0.2) is 0 Å². The normalized spacial score (nSPS) is 19.9. The molecule has 0 aromatic carbocycles. The molecule has 0 aromatic rings. The lowest BCUT2D eigenvalue weighted by atomic mass is 9.96. The Morgan fingerprint density at radius 3 is 2.67 bits per heavy atom. The Kier molecular flexibility index (Phi) is 5.05. The van der Waals surface area contributed by atoms with E-state index >= 15 is 0 Å². The van der Waals surface area contributed by atoms with E-state index in [-0.39, 0.29) is 11.9 Å². The van der Waals surface area contributed by atoms with Gasteiger partial charge in [-0.2, -0.15) is 0 Å². The molecule has 1 fully saturated rings. The van der Waals surface area contributed by atoms with Crippen LogP contribution in [0.4, 0.5) is 0 Å². The van der Waals surface area contributed by atoms with Crippen LogP contribution in [-0.2, 0) is 9.53 Å². The molecule has 0 spiro atoms. The molecule has 4 nitrogen and oxygen atoms in total. The van der Waals surface area contributed by atoms with Crippen molar-refractivity contribution in [2.45, 2.75) is 32.2 Å². The number of hydrogen-bond donors (Lipinski definition) is 1. The summed E-state index contributed by atoms with van der Waals surface area (Å²) in [6, 6.07) is -0.385. The SMILES string of the molecule is C[C@@H](N)C(=O)N(C)CCC1CCOCC1. The van der Waals surface area contributed by atoms with Gasteiger partial charge in [-0.3, -0.25) is 4.79 Å². The van der Waals surface area contributed by atoms with E-state index in [0.29, 0.717) is 5.92 Å². The Morgan fingerprint density at radius 1 is 1.53 bits per heavy atom. The summed E-state index contributed by atoms with van der Waals surface area (Å²) in [6.45, 7) is 4.28. The van der Waals surface area contributed by atoms with Crippen LogP contribution in [0.25, 0.3) is 0 Å². The van der Waals surface area contributed by atoms with Crippen molar-refractivity contribution in [1.82, 2.24) is 4.90 Å². The third-order valence-electron chi connectivity index (χ3n) is 2.98. The molecule has 0 unspecified atom stereocenters. The van der Waals surface area contributed by atoms with Crippen molar-refractivity contribution < 1.29 is 9.53 Å². The lowest BCUT2D eigenvalue weighted by molar-refractivity contribution is -0.131. The Bertz CT molecular complexity index is 201. The van der Waals surface area contributed by atoms with Gasteiger partial charge in [-0.05, 0) is 32.1 Å². The first-order valence-corrected chi connectivity index (χ1v) is 5.69. The van der Waals surface area contributed by atoms with Crippen molar-refractivity contribution >= 4 is 5.91 Å². The summed E-state index contributed by atoms with van der Waals surface area (Å²) in [5.41, 5.74) is 5.53. The van der Waals surface area contributed by atoms with Crippen molar-refractivity contribution in [1.29, 1.82) is 0 Å². The molecule has 1 aliphatic heterocycles. The summed E-state index contributed by atoms with van der Waals surface area (Å²) in [5, 5.41) is 0. The van der Waals surface area contributed by atoms with E-state index in [1.54, 1.807) is 11.8 Å². The monoisotopic (exact) mass is 214 g/mol. The van der Waals surface area contributed by atoms with Crippen LogP contribution in [0.1, 0.15) is 26.2 Å². The van der Waals surface area contributed by atoms with Gasteiger partial charge < -0.3 is 15.4 Å². The summed E-state index contributed by atoms with van der Waals surface area (Å²) < 4.78 is 5.29. The van der Waals surface area contributed by atoms with Gasteiger partial charge in [0.25, 0.3) is 0 Å². The van der Waals surface area contributed by atoms with E-state index < -0.39 is 0 Å². The average molecular weight is 214 g/mol. The molecule has 0 saturated carbocycles. The zero-order chi connectivity index (χ0) is 11.3. The molecule has 1 rings (SSSR count). The number of nitrogens with zero attached hydrogens (tertiary/aromatic N) is 1. The molecular weight excluding hydrogens is 192 g/mol. The Hall–Kier alpha value is -0.610. The number of nitrogens with two attached hydrogens (primary N) is 1.